The first-order valence-electron chi connectivity index (χ1n) is 3.80. The van der Waals surface area contributed by atoms with Crippen molar-refractivity contribution >= 4 is 9.84 Å². The van der Waals surface area contributed by atoms with E-state index in [1.807, 2.05) is 0 Å². The Morgan fingerprint density at radius 3 is 2.18 bits per heavy atom. The molecule has 0 spiro atoms. The summed E-state index contributed by atoms with van der Waals surface area (Å²) in [6.45, 7) is 1.57. The Kier molecular flexibility index (Phi) is 2.25. The van der Waals surface area contributed by atoms with Crippen molar-refractivity contribution in [3.05, 3.63) is 0 Å². The summed E-state index contributed by atoms with van der Waals surface area (Å²) >= 11 is 0. The second kappa shape index (κ2) is 2.75. The number of hydrogen-bond acceptors (Lipinski definition) is 3. The van der Waals surface area contributed by atoms with Crippen molar-refractivity contribution < 1.29 is 13.5 Å². The average molecular weight is 178 g/mol. The lowest BCUT2D eigenvalue weighted by molar-refractivity contribution is 0.150. The van der Waals surface area contributed by atoms with E-state index in [4.69, 9.17) is 0 Å². The minimum absolute atomic E-state index is 0.236. The van der Waals surface area contributed by atoms with Crippen molar-refractivity contribution in [1.82, 2.24) is 0 Å². The molecule has 1 rings (SSSR count). The van der Waals surface area contributed by atoms with Crippen molar-refractivity contribution in [3.63, 3.8) is 0 Å². The maximum Gasteiger partial charge on any atom is 0.152 e. The Hall–Kier alpha value is -0.0900. The predicted molar refractivity (Wildman–Crippen MR) is 43.0 cm³/mol. The molecular formula is C7H14O3S. The number of sulfone groups is 1. The molecule has 0 saturated heterocycles. The van der Waals surface area contributed by atoms with Crippen molar-refractivity contribution in [2.24, 2.45) is 5.92 Å². The number of rotatable bonds is 3. The molecule has 2 atom stereocenters. The van der Waals surface area contributed by atoms with Crippen LogP contribution in [0.25, 0.3) is 0 Å². The SMILES string of the molecule is C[C@@H]([C@H](O)C1CC1)S(C)(=O)=O. The second-order valence-electron chi connectivity index (χ2n) is 3.36. The zero-order chi connectivity index (χ0) is 8.65. The number of aliphatic hydroxyl groups excluding tert-OH is 1. The van der Waals surface area contributed by atoms with Gasteiger partial charge in [0.2, 0.25) is 0 Å². The minimum Gasteiger partial charge on any atom is -0.392 e. The molecule has 1 aliphatic carbocycles. The van der Waals surface area contributed by atoms with Gasteiger partial charge in [0.1, 0.15) is 0 Å². The van der Waals surface area contributed by atoms with Crippen molar-refractivity contribution in [3.8, 4) is 0 Å². The quantitative estimate of drug-likeness (QED) is 0.671. The monoisotopic (exact) mass is 178 g/mol. The molecule has 4 heteroatoms. The Labute approximate surface area is 67.3 Å². The smallest absolute Gasteiger partial charge is 0.152 e. The van der Waals surface area contributed by atoms with E-state index in [2.05, 4.69) is 0 Å². The summed E-state index contributed by atoms with van der Waals surface area (Å²) in [6, 6.07) is 0. The average Bonchev–Trinajstić information content (AvgIpc) is 2.63. The molecule has 0 heterocycles. The van der Waals surface area contributed by atoms with Crippen LogP contribution < -0.4 is 0 Å². The van der Waals surface area contributed by atoms with Gasteiger partial charge in [-0.3, -0.25) is 0 Å². The molecule has 0 amide bonds. The summed E-state index contributed by atoms with van der Waals surface area (Å²) in [7, 11) is -3.06. The molecular weight excluding hydrogens is 164 g/mol. The van der Waals surface area contributed by atoms with E-state index in [0.29, 0.717) is 0 Å². The lowest BCUT2D eigenvalue weighted by Gasteiger charge is -2.15. The largest absolute Gasteiger partial charge is 0.392 e. The van der Waals surface area contributed by atoms with E-state index in [-0.39, 0.29) is 5.92 Å². The molecule has 0 unspecified atom stereocenters. The van der Waals surface area contributed by atoms with Gasteiger partial charge in [-0.1, -0.05) is 0 Å². The molecule has 3 nitrogen and oxygen atoms in total. The third-order valence-corrected chi connectivity index (χ3v) is 3.89. The first-order chi connectivity index (χ1) is 4.93. The topological polar surface area (TPSA) is 54.4 Å². The van der Waals surface area contributed by atoms with Gasteiger partial charge >= 0.3 is 0 Å². The van der Waals surface area contributed by atoms with Crippen LogP contribution in [0.1, 0.15) is 19.8 Å². The van der Waals surface area contributed by atoms with Gasteiger partial charge in [0.05, 0.1) is 11.4 Å². The molecule has 0 aromatic rings. The molecule has 11 heavy (non-hydrogen) atoms. The number of aliphatic hydroxyl groups is 1. The highest BCUT2D eigenvalue weighted by molar-refractivity contribution is 7.91. The minimum atomic E-state index is -3.06. The molecule has 1 aliphatic rings. The van der Waals surface area contributed by atoms with E-state index in [1.54, 1.807) is 6.92 Å². The highest BCUT2D eigenvalue weighted by Crippen LogP contribution is 2.35. The van der Waals surface area contributed by atoms with Crippen LogP contribution >= 0.6 is 0 Å². The van der Waals surface area contributed by atoms with Crippen molar-refractivity contribution in [2.75, 3.05) is 6.26 Å². The standard InChI is InChI=1S/C7H14O3S/c1-5(11(2,9)10)7(8)6-3-4-6/h5-8H,3-4H2,1-2H3/t5-,7-/m0/s1. The Morgan fingerprint density at radius 2 is 1.91 bits per heavy atom. The third-order valence-electron chi connectivity index (χ3n) is 2.26. The molecule has 0 bridgehead atoms. The molecule has 66 valence electrons. The van der Waals surface area contributed by atoms with Crippen molar-refractivity contribution in [2.45, 2.75) is 31.1 Å². The molecule has 1 saturated carbocycles. The fraction of sp³-hybridized carbons (Fsp3) is 1.00. The molecule has 1 N–H and O–H groups in total. The zero-order valence-electron chi connectivity index (χ0n) is 6.82. The van der Waals surface area contributed by atoms with Crippen LogP contribution in [-0.2, 0) is 9.84 Å². The lowest BCUT2D eigenvalue weighted by Crippen LogP contribution is -2.32. The van der Waals surface area contributed by atoms with Gasteiger partial charge in [-0.15, -0.1) is 0 Å². The molecule has 0 aromatic heterocycles. The van der Waals surface area contributed by atoms with E-state index >= 15 is 0 Å². The highest BCUT2D eigenvalue weighted by Gasteiger charge is 2.37. The summed E-state index contributed by atoms with van der Waals surface area (Å²) in [5.74, 6) is 0.236. The fourth-order valence-electron chi connectivity index (χ4n) is 1.07. The molecule has 1 fully saturated rings. The van der Waals surface area contributed by atoms with E-state index in [1.165, 1.54) is 6.26 Å². The summed E-state index contributed by atoms with van der Waals surface area (Å²) < 4.78 is 21.9. The Bertz CT molecular complexity index is 228. The highest BCUT2D eigenvalue weighted by atomic mass is 32.2. The van der Waals surface area contributed by atoms with Crippen LogP contribution in [0.15, 0.2) is 0 Å². The maximum atomic E-state index is 10.9. The molecule has 0 radical (unpaired) electrons. The van der Waals surface area contributed by atoms with Crippen LogP contribution in [0.4, 0.5) is 0 Å². The normalized spacial score (nSPS) is 24.6. The van der Waals surface area contributed by atoms with Gasteiger partial charge in [-0.05, 0) is 25.7 Å². The fourth-order valence-corrected chi connectivity index (χ4v) is 1.80. The summed E-state index contributed by atoms with van der Waals surface area (Å²) in [5.41, 5.74) is 0. The predicted octanol–water partition coefficient (Wildman–Crippen LogP) is 0.190. The van der Waals surface area contributed by atoms with Gasteiger partial charge in [-0.2, -0.15) is 0 Å². The van der Waals surface area contributed by atoms with Gasteiger partial charge in [0.15, 0.2) is 9.84 Å². The molecule has 0 aromatic carbocycles. The van der Waals surface area contributed by atoms with E-state index < -0.39 is 21.2 Å². The van der Waals surface area contributed by atoms with E-state index in [0.717, 1.165) is 12.8 Å². The van der Waals surface area contributed by atoms with Gasteiger partial charge in [0, 0.05) is 6.26 Å². The van der Waals surface area contributed by atoms with Crippen LogP contribution in [0, 0.1) is 5.92 Å². The van der Waals surface area contributed by atoms with Crippen molar-refractivity contribution in [1.29, 1.82) is 0 Å². The molecule has 0 aliphatic heterocycles. The van der Waals surface area contributed by atoms with Crippen LogP contribution in [0.3, 0.4) is 0 Å². The van der Waals surface area contributed by atoms with Crippen LogP contribution in [0.5, 0.6) is 0 Å². The second-order valence-corrected chi connectivity index (χ2v) is 5.77. The Morgan fingerprint density at radius 1 is 1.45 bits per heavy atom. The van der Waals surface area contributed by atoms with Gasteiger partial charge in [-0.25, -0.2) is 8.42 Å². The Balaban J connectivity index is 2.59. The van der Waals surface area contributed by atoms with Crippen LogP contribution in [0.2, 0.25) is 0 Å². The van der Waals surface area contributed by atoms with Crippen LogP contribution in [-0.4, -0.2) is 31.1 Å². The summed E-state index contributed by atoms with van der Waals surface area (Å²) in [4.78, 5) is 0. The van der Waals surface area contributed by atoms with E-state index in [9.17, 15) is 13.5 Å². The summed E-state index contributed by atoms with van der Waals surface area (Å²) in [5, 5.41) is 8.81. The third kappa shape index (κ3) is 2.17. The summed E-state index contributed by atoms with van der Waals surface area (Å²) in [6.07, 6.45) is 2.47. The number of hydrogen-bond donors (Lipinski definition) is 1. The van der Waals surface area contributed by atoms with Gasteiger partial charge < -0.3 is 5.11 Å². The maximum absolute atomic E-state index is 10.9. The first-order valence-corrected chi connectivity index (χ1v) is 5.75. The lowest BCUT2D eigenvalue weighted by atomic mass is 10.2. The zero-order valence-corrected chi connectivity index (χ0v) is 7.63. The van der Waals surface area contributed by atoms with Gasteiger partial charge in [0.25, 0.3) is 0 Å². The first kappa shape index (κ1) is 9.00.